The van der Waals surface area contributed by atoms with Gasteiger partial charge in [0.05, 0.1) is 6.61 Å². The summed E-state index contributed by atoms with van der Waals surface area (Å²) in [6.07, 6.45) is 3.71. The summed E-state index contributed by atoms with van der Waals surface area (Å²) in [5, 5.41) is 8.95. The maximum absolute atomic E-state index is 8.95. The molecule has 0 spiro atoms. The lowest BCUT2D eigenvalue weighted by molar-refractivity contribution is 0.142. The minimum absolute atomic E-state index is 0.250. The van der Waals surface area contributed by atoms with E-state index in [1.54, 1.807) is 0 Å². The number of nitrogens with two attached hydrogens (primary N) is 1. The minimum Gasteiger partial charge on any atom is -0.395 e. The molecule has 0 aromatic rings. The van der Waals surface area contributed by atoms with Gasteiger partial charge in [-0.1, -0.05) is 6.42 Å². The van der Waals surface area contributed by atoms with E-state index in [1.165, 1.54) is 19.3 Å². The first kappa shape index (κ1) is 12.0. The summed E-state index contributed by atoms with van der Waals surface area (Å²) in [7, 11) is 0. The number of aliphatic hydroxyl groups is 1. The lowest BCUT2D eigenvalue weighted by Crippen LogP contribution is -2.41. The fourth-order valence-corrected chi connectivity index (χ4v) is 2.28. The van der Waals surface area contributed by atoms with Crippen LogP contribution in [-0.4, -0.2) is 41.8 Å². The molecule has 0 aromatic carbocycles. The summed E-state index contributed by atoms with van der Waals surface area (Å²) in [6, 6.07) is 0.893. The number of hydrogen-bond acceptors (Lipinski definition) is 3. The highest BCUT2D eigenvalue weighted by atomic mass is 16.3. The van der Waals surface area contributed by atoms with E-state index >= 15 is 0 Å². The predicted octanol–water partition coefficient (Wildman–Crippen LogP) is 0.817. The first-order chi connectivity index (χ1) is 6.65. The highest BCUT2D eigenvalue weighted by Crippen LogP contribution is 2.25. The van der Waals surface area contributed by atoms with Crippen LogP contribution in [0.4, 0.5) is 0 Å². The van der Waals surface area contributed by atoms with E-state index in [0.29, 0.717) is 18.0 Å². The quantitative estimate of drug-likeness (QED) is 0.690. The third-order valence-corrected chi connectivity index (χ3v) is 3.30. The molecule has 2 unspecified atom stereocenters. The SMILES string of the molecule is CC(C)N(CCO)CC1CCCC1N. The van der Waals surface area contributed by atoms with E-state index in [-0.39, 0.29) is 6.61 Å². The van der Waals surface area contributed by atoms with Crippen molar-refractivity contribution < 1.29 is 5.11 Å². The van der Waals surface area contributed by atoms with Gasteiger partial charge in [0.25, 0.3) is 0 Å². The van der Waals surface area contributed by atoms with Gasteiger partial charge in [-0.05, 0) is 32.6 Å². The van der Waals surface area contributed by atoms with Crippen molar-refractivity contribution in [2.24, 2.45) is 11.7 Å². The van der Waals surface area contributed by atoms with Crippen LogP contribution in [0.3, 0.4) is 0 Å². The second kappa shape index (κ2) is 5.69. The summed E-state index contributed by atoms with van der Waals surface area (Å²) >= 11 is 0. The summed E-state index contributed by atoms with van der Waals surface area (Å²) in [5.74, 6) is 0.643. The zero-order valence-corrected chi connectivity index (χ0v) is 9.45. The van der Waals surface area contributed by atoms with E-state index < -0.39 is 0 Å². The van der Waals surface area contributed by atoms with E-state index in [4.69, 9.17) is 10.8 Å². The lowest BCUT2D eigenvalue weighted by Gasteiger charge is -2.30. The fourth-order valence-electron chi connectivity index (χ4n) is 2.28. The average molecular weight is 200 g/mol. The smallest absolute Gasteiger partial charge is 0.0558 e. The molecule has 0 amide bonds. The molecule has 3 heteroatoms. The highest BCUT2D eigenvalue weighted by Gasteiger charge is 2.26. The molecule has 1 saturated carbocycles. The number of rotatable bonds is 5. The van der Waals surface area contributed by atoms with Crippen LogP contribution in [-0.2, 0) is 0 Å². The predicted molar refractivity (Wildman–Crippen MR) is 59.1 cm³/mol. The van der Waals surface area contributed by atoms with Gasteiger partial charge < -0.3 is 10.8 Å². The minimum atomic E-state index is 0.250. The van der Waals surface area contributed by atoms with Crippen molar-refractivity contribution >= 4 is 0 Å². The Morgan fingerprint density at radius 1 is 1.43 bits per heavy atom. The van der Waals surface area contributed by atoms with Crippen LogP contribution in [0.25, 0.3) is 0 Å². The Morgan fingerprint density at radius 3 is 2.57 bits per heavy atom. The van der Waals surface area contributed by atoms with Crippen LogP contribution in [0.2, 0.25) is 0 Å². The first-order valence-corrected chi connectivity index (χ1v) is 5.75. The maximum Gasteiger partial charge on any atom is 0.0558 e. The topological polar surface area (TPSA) is 49.5 Å². The van der Waals surface area contributed by atoms with Crippen LogP contribution >= 0.6 is 0 Å². The molecule has 3 nitrogen and oxygen atoms in total. The third kappa shape index (κ3) is 3.23. The Labute approximate surface area is 87.3 Å². The largest absolute Gasteiger partial charge is 0.395 e. The Kier molecular flexibility index (Phi) is 4.85. The molecule has 1 aliphatic carbocycles. The molecule has 0 aromatic heterocycles. The van der Waals surface area contributed by atoms with Gasteiger partial charge in [-0.3, -0.25) is 4.90 Å². The molecule has 0 radical (unpaired) electrons. The number of hydrogen-bond donors (Lipinski definition) is 2. The summed E-state index contributed by atoms with van der Waals surface area (Å²) < 4.78 is 0. The lowest BCUT2D eigenvalue weighted by atomic mass is 10.0. The number of aliphatic hydroxyl groups excluding tert-OH is 1. The fraction of sp³-hybridized carbons (Fsp3) is 1.00. The van der Waals surface area contributed by atoms with Gasteiger partial charge in [-0.15, -0.1) is 0 Å². The maximum atomic E-state index is 8.95. The van der Waals surface area contributed by atoms with Crippen LogP contribution in [0, 0.1) is 5.92 Å². The van der Waals surface area contributed by atoms with Crippen molar-refractivity contribution in [3.63, 3.8) is 0 Å². The normalized spacial score (nSPS) is 27.9. The van der Waals surface area contributed by atoms with Gasteiger partial charge in [0.15, 0.2) is 0 Å². The zero-order valence-electron chi connectivity index (χ0n) is 9.45. The van der Waals surface area contributed by atoms with Crippen LogP contribution in [0.1, 0.15) is 33.1 Å². The average Bonchev–Trinajstić information content (AvgIpc) is 2.51. The van der Waals surface area contributed by atoms with Gasteiger partial charge in [0, 0.05) is 25.2 Å². The summed E-state index contributed by atoms with van der Waals surface area (Å²) in [4.78, 5) is 2.33. The molecule has 3 N–H and O–H groups in total. The molecule has 1 fully saturated rings. The zero-order chi connectivity index (χ0) is 10.6. The van der Waals surface area contributed by atoms with Crippen LogP contribution in [0.15, 0.2) is 0 Å². The van der Waals surface area contributed by atoms with Gasteiger partial charge >= 0.3 is 0 Å². The van der Waals surface area contributed by atoms with Crippen LogP contribution < -0.4 is 5.73 Å². The highest BCUT2D eigenvalue weighted by molar-refractivity contribution is 4.83. The van der Waals surface area contributed by atoms with Gasteiger partial charge in [-0.25, -0.2) is 0 Å². The van der Waals surface area contributed by atoms with E-state index in [1.807, 2.05) is 0 Å². The Balaban J connectivity index is 2.37. The molecule has 0 heterocycles. The van der Waals surface area contributed by atoms with E-state index in [0.717, 1.165) is 13.1 Å². The van der Waals surface area contributed by atoms with Crippen LogP contribution in [0.5, 0.6) is 0 Å². The second-order valence-corrected chi connectivity index (χ2v) is 4.67. The molecular weight excluding hydrogens is 176 g/mol. The van der Waals surface area contributed by atoms with Crippen molar-refractivity contribution in [1.29, 1.82) is 0 Å². The molecule has 2 atom stereocenters. The third-order valence-electron chi connectivity index (χ3n) is 3.30. The monoisotopic (exact) mass is 200 g/mol. The Morgan fingerprint density at radius 2 is 2.14 bits per heavy atom. The summed E-state index contributed by atoms with van der Waals surface area (Å²) in [6.45, 7) is 6.44. The molecular formula is C11H24N2O. The number of nitrogens with zero attached hydrogens (tertiary/aromatic N) is 1. The van der Waals surface area contributed by atoms with E-state index in [2.05, 4.69) is 18.7 Å². The Bertz CT molecular complexity index is 161. The van der Waals surface area contributed by atoms with Crippen molar-refractivity contribution in [3.05, 3.63) is 0 Å². The first-order valence-electron chi connectivity index (χ1n) is 5.75. The molecule has 0 bridgehead atoms. The van der Waals surface area contributed by atoms with Gasteiger partial charge in [0.2, 0.25) is 0 Å². The molecule has 1 rings (SSSR count). The van der Waals surface area contributed by atoms with E-state index in [9.17, 15) is 0 Å². The standard InChI is InChI=1S/C11H24N2O/c1-9(2)13(6-7-14)8-10-4-3-5-11(10)12/h9-11,14H,3-8,12H2,1-2H3. The summed E-state index contributed by atoms with van der Waals surface area (Å²) in [5.41, 5.74) is 6.03. The van der Waals surface area contributed by atoms with Crippen molar-refractivity contribution in [2.45, 2.75) is 45.2 Å². The molecule has 84 valence electrons. The molecule has 1 aliphatic rings. The Hall–Kier alpha value is -0.120. The molecule has 0 aliphatic heterocycles. The van der Waals surface area contributed by atoms with Gasteiger partial charge in [0.1, 0.15) is 0 Å². The molecule has 14 heavy (non-hydrogen) atoms. The van der Waals surface area contributed by atoms with Crippen molar-refractivity contribution in [2.75, 3.05) is 19.7 Å². The van der Waals surface area contributed by atoms with Crippen molar-refractivity contribution in [1.82, 2.24) is 4.90 Å². The molecule has 0 saturated heterocycles. The van der Waals surface area contributed by atoms with Gasteiger partial charge in [-0.2, -0.15) is 0 Å². The second-order valence-electron chi connectivity index (χ2n) is 4.67. The van der Waals surface area contributed by atoms with Crippen molar-refractivity contribution in [3.8, 4) is 0 Å².